The first-order chi connectivity index (χ1) is 10.1. The molecule has 5 nitrogen and oxygen atoms in total. The van der Waals surface area contributed by atoms with Crippen LogP contribution in [0.25, 0.3) is 0 Å². The molecule has 0 spiro atoms. The average Bonchev–Trinajstić information content (AvgIpc) is 2.40. The summed E-state index contributed by atoms with van der Waals surface area (Å²) >= 11 is 0. The molecule has 0 saturated heterocycles. The van der Waals surface area contributed by atoms with E-state index in [9.17, 15) is 9.59 Å². The summed E-state index contributed by atoms with van der Waals surface area (Å²) in [4.78, 5) is 26.9. The van der Waals surface area contributed by atoms with Gasteiger partial charge in [-0.05, 0) is 25.0 Å². The van der Waals surface area contributed by atoms with Gasteiger partial charge in [-0.25, -0.2) is 0 Å². The highest BCUT2D eigenvalue weighted by atomic mass is 16.4. The zero-order chi connectivity index (χ0) is 15.1. The lowest BCUT2D eigenvalue weighted by molar-refractivity contribution is -0.136. The van der Waals surface area contributed by atoms with Gasteiger partial charge in [-0.1, -0.05) is 32.1 Å². The Hall–Kier alpha value is -1.91. The highest BCUT2D eigenvalue weighted by molar-refractivity contribution is 5.92. The second kappa shape index (κ2) is 7.76. The molecule has 1 aliphatic carbocycles. The van der Waals surface area contributed by atoms with E-state index in [0.717, 1.165) is 25.7 Å². The third-order valence-electron chi connectivity index (χ3n) is 3.90. The number of rotatable bonds is 4. The molecule has 21 heavy (non-hydrogen) atoms. The summed E-state index contributed by atoms with van der Waals surface area (Å²) in [7, 11) is 0. The van der Waals surface area contributed by atoms with Crippen LogP contribution in [0.5, 0.6) is 0 Å². The highest BCUT2D eigenvalue weighted by Gasteiger charge is 2.19. The standard InChI is InChI=1S/C16H22N2O3/c19-15(20)10-13-8-9-14(11-17-13)18-16(21)12-6-4-2-1-3-5-7-12/h8-9,11-12H,1-7,10H2,(H,18,21)(H,19,20). The van der Waals surface area contributed by atoms with Gasteiger partial charge in [-0.2, -0.15) is 0 Å². The number of hydrogen-bond donors (Lipinski definition) is 2. The number of carboxylic acid groups (broad SMARTS) is 1. The predicted molar refractivity (Wildman–Crippen MR) is 80.0 cm³/mol. The molecule has 0 bridgehead atoms. The molecule has 1 heterocycles. The monoisotopic (exact) mass is 290 g/mol. The summed E-state index contributed by atoms with van der Waals surface area (Å²) in [5, 5.41) is 11.6. The Kier molecular flexibility index (Phi) is 5.72. The van der Waals surface area contributed by atoms with Crippen molar-refractivity contribution in [3.05, 3.63) is 24.0 Å². The smallest absolute Gasteiger partial charge is 0.309 e. The minimum Gasteiger partial charge on any atom is -0.481 e. The fraction of sp³-hybridized carbons (Fsp3) is 0.562. The third-order valence-corrected chi connectivity index (χ3v) is 3.90. The Morgan fingerprint density at radius 2 is 1.81 bits per heavy atom. The lowest BCUT2D eigenvalue weighted by atomic mass is 9.90. The predicted octanol–water partition coefficient (Wildman–Crippen LogP) is 3.01. The van der Waals surface area contributed by atoms with Crippen LogP contribution >= 0.6 is 0 Å². The maximum Gasteiger partial charge on any atom is 0.309 e. The van der Waals surface area contributed by atoms with Crippen molar-refractivity contribution in [2.45, 2.75) is 51.4 Å². The van der Waals surface area contributed by atoms with Crippen molar-refractivity contribution in [2.75, 3.05) is 5.32 Å². The molecular weight excluding hydrogens is 268 g/mol. The molecule has 1 aromatic heterocycles. The molecule has 0 aromatic carbocycles. The largest absolute Gasteiger partial charge is 0.481 e. The van der Waals surface area contributed by atoms with E-state index in [1.165, 1.54) is 25.5 Å². The van der Waals surface area contributed by atoms with Crippen LogP contribution in [0.3, 0.4) is 0 Å². The van der Waals surface area contributed by atoms with Gasteiger partial charge in [0.15, 0.2) is 0 Å². The van der Waals surface area contributed by atoms with Crippen LogP contribution in [0, 0.1) is 5.92 Å². The number of nitrogens with one attached hydrogen (secondary N) is 1. The minimum absolute atomic E-state index is 0.0599. The zero-order valence-corrected chi connectivity index (χ0v) is 12.2. The molecule has 1 amide bonds. The molecule has 0 unspecified atom stereocenters. The molecule has 1 saturated carbocycles. The number of hydrogen-bond acceptors (Lipinski definition) is 3. The lowest BCUT2D eigenvalue weighted by Crippen LogP contribution is -2.23. The van der Waals surface area contributed by atoms with Crippen LogP contribution < -0.4 is 5.32 Å². The lowest BCUT2D eigenvalue weighted by Gasteiger charge is -2.19. The Morgan fingerprint density at radius 3 is 2.38 bits per heavy atom. The quantitative estimate of drug-likeness (QED) is 0.893. The fourth-order valence-electron chi connectivity index (χ4n) is 2.72. The van der Waals surface area contributed by atoms with Gasteiger partial charge >= 0.3 is 5.97 Å². The van der Waals surface area contributed by atoms with Crippen molar-refractivity contribution in [1.82, 2.24) is 4.98 Å². The number of carbonyl (C=O) groups is 2. The summed E-state index contributed by atoms with van der Waals surface area (Å²) in [6.07, 6.45) is 9.29. The molecule has 1 fully saturated rings. The van der Waals surface area contributed by atoms with Crippen molar-refractivity contribution < 1.29 is 14.7 Å². The number of carbonyl (C=O) groups excluding carboxylic acids is 1. The van der Waals surface area contributed by atoms with Crippen LogP contribution in [0.2, 0.25) is 0 Å². The number of aromatic nitrogens is 1. The number of pyridine rings is 1. The number of carboxylic acids is 1. The topological polar surface area (TPSA) is 79.3 Å². The first-order valence-electron chi connectivity index (χ1n) is 7.63. The molecule has 0 radical (unpaired) electrons. The molecule has 0 atom stereocenters. The summed E-state index contributed by atoms with van der Waals surface area (Å²) in [5.74, 6) is -0.762. The second-order valence-electron chi connectivity index (χ2n) is 5.64. The maximum atomic E-state index is 12.3. The number of nitrogens with zero attached hydrogens (tertiary/aromatic N) is 1. The van der Waals surface area contributed by atoms with Crippen LogP contribution in [0.1, 0.15) is 50.6 Å². The van der Waals surface area contributed by atoms with E-state index in [1.54, 1.807) is 12.1 Å². The van der Waals surface area contributed by atoms with Crippen molar-refractivity contribution in [2.24, 2.45) is 5.92 Å². The number of aliphatic carboxylic acids is 1. The Labute approximate surface area is 124 Å². The number of anilines is 1. The summed E-state index contributed by atoms with van der Waals surface area (Å²) < 4.78 is 0. The molecule has 2 N–H and O–H groups in total. The molecule has 5 heteroatoms. The van der Waals surface area contributed by atoms with Gasteiger partial charge in [0.25, 0.3) is 0 Å². The van der Waals surface area contributed by atoms with Gasteiger partial charge in [0, 0.05) is 5.92 Å². The van der Waals surface area contributed by atoms with E-state index >= 15 is 0 Å². The van der Waals surface area contributed by atoms with Crippen LogP contribution in [-0.4, -0.2) is 22.0 Å². The van der Waals surface area contributed by atoms with Gasteiger partial charge in [-0.15, -0.1) is 0 Å². The fourth-order valence-corrected chi connectivity index (χ4v) is 2.72. The van der Waals surface area contributed by atoms with Crippen LogP contribution in [0.4, 0.5) is 5.69 Å². The van der Waals surface area contributed by atoms with E-state index in [2.05, 4.69) is 10.3 Å². The molecule has 1 aromatic rings. The third kappa shape index (κ3) is 5.17. The van der Waals surface area contributed by atoms with Gasteiger partial charge in [0.05, 0.1) is 24.0 Å². The molecule has 2 rings (SSSR count). The SMILES string of the molecule is O=C(O)Cc1ccc(NC(=O)C2CCCCCCC2)cn1. The molecule has 1 aliphatic rings. The summed E-state index contributed by atoms with van der Waals surface area (Å²) in [6, 6.07) is 3.36. The maximum absolute atomic E-state index is 12.3. The van der Waals surface area contributed by atoms with Crippen LogP contribution in [-0.2, 0) is 16.0 Å². The van der Waals surface area contributed by atoms with Gasteiger partial charge in [0.2, 0.25) is 5.91 Å². The molecular formula is C16H22N2O3. The van der Waals surface area contributed by atoms with Gasteiger partial charge in [0.1, 0.15) is 0 Å². The normalized spacial score (nSPS) is 16.8. The summed E-state index contributed by atoms with van der Waals surface area (Å²) in [6.45, 7) is 0. The van der Waals surface area contributed by atoms with E-state index in [1.807, 2.05) is 0 Å². The zero-order valence-electron chi connectivity index (χ0n) is 12.2. The number of amides is 1. The van der Waals surface area contributed by atoms with E-state index in [-0.39, 0.29) is 18.2 Å². The Bertz CT molecular complexity index is 477. The highest BCUT2D eigenvalue weighted by Crippen LogP contribution is 2.23. The molecule has 114 valence electrons. The second-order valence-corrected chi connectivity index (χ2v) is 5.64. The molecule has 0 aliphatic heterocycles. The van der Waals surface area contributed by atoms with Crippen molar-refractivity contribution in [3.8, 4) is 0 Å². The first-order valence-corrected chi connectivity index (χ1v) is 7.63. The Balaban J connectivity index is 1.90. The van der Waals surface area contributed by atoms with E-state index in [0.29, 0.717) is 11.4 Å². The summed E-state index contributed by atoms with van der Waals surface area (Å²) in [5.41, 5.74) is 1.13. The van der Waals surface area contributed by atoms with Crippen molar-refractivity contribution in [3.63, 3.8) is 0 Å². The van der Waals surface area contributed by atoms with Crippen LogP contribution in [0.15, 0.2) is 18.3 Å². The first kappa shape index (κ1) is 15.5. The Morgan fingerprint density at radius 1 is 1.14 bits per heavy atom. The van der Waals surface area contributed by atoms with Gasteiger partial charge in [-0.3, -0.25) is 14.6 Å². The van der Waals surface area contributed by atoms with Crippen molar-refractivity contribution >= 4 is 17.6 Å². The average molecular weight is 290 g/mol. The van der Waals surface area contributed by atoms with Crippen molar-refractivity contribution in [1.29, 1.82) is 0 Å². The minimum atomic E-state index is -0.909. The van der Waals surface area contributed by atoms with E-state index in [4.69, 9.17) is 5.11 Å². The van der Waals surface area contributed by atoms with E-state index < -0.39 is 5.97 Å². The van der Waals surface area contributed by atoms with Gasteiger partial charge < -0.3 is 10.4 Å².